The van der Waals surface area contributed by atoms with Crippen molar-refractivity contribution in [2.75, 3.05) is 23.9 Å². The molecule has 2 atom stereocenters. The molecule has 3 heterocycles. The Labute approximate surface area is 197 Å². The van der Waals surface area contributed by atoms with E-state index < -0.39 is 17.7 Å². The van der Waals surface area contributed by atoms with Gasteiger partial charge in [-0.2, -0.15) is 0 Å². The van der Waals surface area contributed by atoms with Gasteiger partial charge in [-0.1, -0.05) is 0 Å². The number of rotatable bonds is 4. The Morgan fingerprint density at radius 3 is 2.44 bits per heavy atom. The van der Waals surface area contributed by atoms with Crippen molar-refractivity contribution in [2.45, 2.75) is 32.4 Å². The number of hydrogen-bond acceptors (Lipinski definition) is 6. The SMILES string of the molecule is Cc1ccc(C2/C(=C(/O)c3ccc4c(c3)CC(C)O4)C(=O)C(=O)N2c2ccc(N(C)C)cc2)o1. The monoisotopic (exact) mass is 458 g/mol. The van der Waals surface area contributed by atoms with Crippen LogP contribution < -0.4 is 14.5 Å². The zero-order valence-corrected chi connectivity index (χ0v) is 19.5. The number of hydrogen-bond donors (Lipinski definition) is 1. The topological polar surface area (TPSA) is 83.2 Å². The first kappa shape index (κ1) is 21.8. The van der Waals surface area contributed by atoms with Gasteiger partial charge in [-0.3, -0.25) is 14.5 Å². The van der Waals surface area contributed by atoms with Crippen LogP contribution in [0, 0.1) is 6.92 Å². The summed E-state index contributed by atoms with van der Waals surface area (Å²) in [5.41, 5.74) is 2.92. The number of aliphatic hydroxyl groups excluding tert-OH is 1. The number of ketones is 1. The number of amides is 1. The van der Waals surface area contributed by atoms with Crippen molar-refractivity contribution < 1.29 is 23.8 Å². The molecule has 174 valence electrons. The fraction of sp³-hybridized carbons (Fsp3) is 0.259. The summed E-state index contributed by atoms with van der Waals surface area (Å²) in [6.07, 6.45) is 0.762. The minimum absolute atomic E-state index is 0.00273. The van der Waals surface area contributed by atoms with E-state index in [1.165, 1.54) is 4.90 Å². The van der Waals surface area contributed by atoms with Crippen LogP contribution in [0.1, 0.15) is 35.6 Å². The molecule has 1 fully saturated rings. The van der Waals surface area contributed by atoms with Crippen LogP contribution in [0.4, 0.5) is 11.4 Å². The summed E-state index contributed by atoms with van der Waals surface area (Å²) in [4.78, 5) is 29.9. The molecule has 2 aliphatic heterocycles. The minimum atomic E-state index is -0.887. The van der Waals surface area contributed by atoms with Gasteiger partial charge in [0.2, 0.25) is 0 Å². The van der Waals surface area contributed by atoms with Crippen molar-refractivity contribution in [3.63, 3.8) is 0 Å². The van der Waals surface area contributed by atoms with E-state index in [9.17, 15) is 14.7 Å². The van der Waals surface area contributed by atoms with E-state index in [0.29, 0.717) is 29.2 Å². The Kier molecular flexibility index (Phi) is 5.20. The molecule has 7 heteroatoms. The molecule has 1 amide bonds. The van der Waals surface area contributed by atoms with Gasteiger partial charge in [0.05, 0.1) is 5.57 Å². The Balaban J connectivity index is 1.65. The molecule has 34 heavy (non-hydrogen) atoms. The number of carbonyl (C=O) groups is 2. The van der Waals surface area contributed by atoms with Crippen LogP contribution in [-0.2, 0) is 16.0 Å². The first-order valence-corrected chi connectivity index (χ1v) is 11.2. The molecular formula is C27H26N2O5. The van der Waals surface area contributed by atoms with Gasteiger partial charge in [0.25, 0.3) is 11.7 Å². The van der Waals surface area contributed by atoms with E-state index in [-0.39, 0.29) is 17.4 Å². The predicted molar refractivity (Wildman–Crippen MR) is 129 cm³/mol. The molecule has 0 spiro atoms. The average Bonchev–Trinajstić information content (AvgIpc) is 3.48. The average molecular weight is 459 g/mol. The quantitative estimate of drug-likeness (QED) is 0.349. The maximum atomic E-state index is 13.3. The number of carbonyl (C=O) groups excluding carboxylic acids is 2. The standard InChI is InChI=1S/C27H26N2O5/c1-15-5-11-22(33-15)24-23(25(30)17-6-12-21-18(14-17)13-16(2)34-21)26(31)27(32)29(24)20-9-7-19(8-10-20)28(3)4/h5-12,14,16,24,30H,13H2,1-4H3/b25-23-. The lowest BCUT2D eigenvalue weighted by molar-refractivity contribution is -0.132. The maximum absolute atomic E-state index is 13.3. The Morgan fingerprint density at radius 1 is 1.06 bits per heavy atom. The Morgan fingerprint density at radius 2 is 1.79 bits per heavy atom. The third kappa shape index (κ3) is 3.53. The summed E-state index contributed by atoms with van der Waals surface area (Å²) in [5, 5.41) is 11.3. The Hall–Kier alpha value is -4.00. The lowest BCUT2D eigenvalue weighted by Crippen LogP contribution is -2.29. The van der Waals surface area contributed by atoms with Gasteiger partial charge in [-0.15, -0.1) is 0 Å². The largest absolute Gasteiger partial charge is 0.507 e. The van der Waals surface area contributed by atoms with Gasteiger partial charge in [0.1, 0.15) is 35.2 Å². The summed E-state index contributed by atoms with van der Waals surface area (Å²) >= 11 is 0. The fourth-order valence-electron chi connectivity index (χ4n) is 4.60. The van der Waals surface area contributed by atoms with Crippen molar-refractivity contribution in [3.8, 4) is 5.75 Å². The number of Topliss-reactive ketones (excluding diaryl/α,β-unsaturated/α-hetero) is 1. The smallest absolute Gasteiger partial charge is 0.300 e. The van der Waals surface area contributed by atoms with Gasteiger partial charge in [-0.05, 0) is 74.0 Å². The first-order chi connectivity index (χ1) is 16.2. The molecule has 2 aliphatic rings. The second kappa shape index (κ2) is 8.09. The van der Waals surface area contributed by atoms with E-state index in [2.05, 4.69) is 0 Å². The van der Waals surface area contributed by atoms with Crippen molar-refractivity contribution >= 4 is 28.8 Å². The van der Waals surface area contributed by atoms with Crippen LogP contribution >= 0.6 is 0 Å². The summed E-state index contributed by atoms with van der Waals surface area (Å²) < 4.78 is 11.6. The number of benzene rings is 2. The van der Waals surface area contributed by atoms with Crippen molar-refractivity contribution in [2.24, 2.45) is 0 Å². The zero-order valence-electron chi connectivity index (χ0n) is 19.5. The second-order valence-electron chi connectivity index (χ2n) is 8.98. The molecule has 0 saturated carbocycles. The molecule has 0 aliphatic carbocycles. The molecular weight excluding hydrogens is 432 g/mol. The molecule has 1 N–H and O–H groups in total. The zero-order chi connectivity index (χ0) is 24.1. The lowest BCUT2D eigenvalue weighted by Gasteiger charge is -2.24. The highest BCUT2D eigenvalue weighted by Crippen LogP contribution is 2.43. The van der Waals surface area contributed by atoms with E-state index >= 15 is 0 Å². The molecule has 2 aromatic carbocycles. The van der Waals surface area contributed by atoms with Gasteiger partial charge in [0, 0.05) is 37.5 Å². The first-order valence-electron chi connectivity index (χ1n) is 11.2. The van der Waals surface area contributed by atoms with Crippen LogP contribution in [0.3, 0.4) is 0 Å². The van der Waals surface area contributed by atoms with E-state index in [1.54, 1.807) is 43.3 Å². The van der Waals surface area contributed by atoms with Crippen LogP contribution in [0.25, 0.3) is 5.76 Å². The van der Waals surface area contributed by atoms with Crippen LogP contribution in [0.2, 0.25) is 0 Å². The van der Waals surface area contributed by atoms with Gasteiger partial charge in [0.15, 0.2) is 0 Å². The highest BCUT2D eigenvalue weighted by atomic mass is 16.5. The molecule has 0 bridgehead atoms. The predicted octanol–water partition coefficient (Wildman–Crippen LogP) is 4.60. The maximum Gasteiger partial charge on any atom is 0.300 e. The number of furan rings is 1. The molecule has 7 nitrogen and oxygen atoms in total. The number of nitrogens with zero attached hydrogens (tertiary/aromatic N) is 2. The van der Waals surface area contributed by atoms with Crippen molar-refractivity contribution in [1.82, 2.24) is 0 Å². The number of ether oxygens (including phenoxy) is 1. The third-order valence-corrected chi connectivity index (χ3v) is 6.29. The van der Waals surface area contributed by atoms with Gasteiger partial charge < -0.3 is 19.2 Å². The van der Waals surface area contributed by atoms with Gasteiger partial charge in [-0.25, -0.2) is 0 Å². The Bertz CT molecular complexity index is 1320. The molecule has 0 radical (unpaired) electrons. The normalized spacial score (nSPS) is 21.0. The van der Waals surface area contributed by atoms with E-state index in [1.807, 2.05) is 44.1 Å². The molecule has 1 aromatic heterocycles. The van der Waals surface area contributed by atoms with Crippen LogP contribution in [0.15, 0.2) is 64.6 Å². The second-order valence-corrected chi connectivity index (χ2v) is 8.98. The molecule has 5 rings (SSSR count). The summed E-state index contributed by atoms with van der Waals surface area (Å²) in [6.45, 7) is 3.77. The highest BCUT2D eigenvalue weighted by molar-refractivity contribution is 6.51. The third-order valence-electron chi connectivity index (χ3n) is 6.29. The van der Waals surface area contributed by atoms with E-state index in [0.717, 1.165) is 17.0 Å². The summed E-state index contributed by atoms with van der Waals surface area (Å²) in [5.74, 6) is 0.130. The van der Waals surface area contributed by atoms with Crippen LogP contribution in [-0.4, -0.2) is 37.0 Å². The summed E-state index contributed by atoms with van der Waals surface area (Å²) in [7, 11) is 3.85. The number of fused-ring (bicyclic) bond motifs is 1. The summed E-state index contributed by atoms with van der Waals surface area (Å²) in [6, 6.07) is 15.3. The minimum Gasteiger partial charge on any atom is -0.507 e. The lowest BCUT2D eigenvalue weighted by atomic mass is 9.97. The van der Waals surface area contributed by atoms with Crippen molar-refractivity contribution in [3.05, 3.63) is 82.8 Å². The number of aliphatic hydroxyl groups is 1. The van der Waals surface area contributed by atoms with Crippen LogP contribution in [0.5, 0.6) is 5.75 Å². The fourth-order valence-corrected chi connectivity index (χ4v) is 4.60. The molecule has 1 saturated heterocycles. The number of anilines is 2. The van der Waals surface area contributed by atoms with Gasteiger partial charge >= 0.3 is 0 Å². The van der Waals surface area contributed by atoms with Crippen molar-refractivity contribution in [1.29, 1.82) is 0 Å². The highest BCUT2D eigenvalue weighted by Gasteiger charge is 2.48. The molecule has 3 aromatic rings. The van der Waals surface area contributed by atoms with E-state index in [4.69, 9.17) is 9.15 Å². The number of aryl methyl sites for hydroxylation is 1. The molecule has 2 unspecified atom stereocenters.